The van der Waals surface area contributed by atoms with Crippen LogP contribution in [0.2, 0.25) is 0 Å². The van der Waals surface area contributed by atoms with Gasteiger partial charge < -0.3 is 10.1 Å². The fraction of sp³-hybridized carbons (Fsp3) is 0.600. The van der Waals surface area contributed by atoms with Crippen LogP contribution < -0.4 is 5.32 Å². The Morgan fingerprint density at radius 2 is 1.95 bits per heavy atom. The molecule has 2 nitrogen and oxygen atoms in total. The standard InChI is InChI=1S/C15H20F3NO/c16-15(17,18)14(12-6-2-1-3-7-12)19-10-9-13-8-4-5-11-20-13/h1-3,6-7,13-14,19H,4-5,8-11H2. The monoisotopic (exact) mass is 287 g/mol. The molecule has 1 aromatic rings. The molecule has 2 unspecified atom stereocenters. The number of rotatable bonds is 5. The first kappa shape index (κ1) is 15.3. The third kappa shape index (κ3) is 4.49. The van der Waals surface area contributed by atoms with Gasteiger partial charge in [0.15, 0.2) is 0 Å². The predicted octanol–water partition coefficient (Wildman–Crippen LogP) is 3.84. The van der Waals surface area contributed by atoms with Crippen LogP contribution in [0.25, 0.3) is 0 Å². The largest absolute Gasteiger partial charge is 0.407 e. The molecular weight excluding hydrogens is 267 g/mol. The maximum Gasteiger partial charge on any atom is 0.407 e. The van der Waals surface area contributed by atoms with Gasteiger partial charge in [-0.05, 0) is 37.8 Å². The molecular formula is C15H20F3NO. The lowest BCUT2D eigenvalue weighted by molar-refractivity contribution is -0.158. The first-order valence-corrected chi connectivity index (χ1v) is 7.04. The van der Waals surface area contributed by atoms with E-state index < -0.39 is 12.2 Å². The molecule has 20 heavy (non-hydrogen) atoms. The lowest BCUT2D eigenvalue weighted by Crippen LogP contribution is -2.36. The van der Waals surface area contributed by atoms with Gasteiger partial charge in [0.05, 0.1) is 6.10 Å². The Balaban J connectivity index is 1.88. The van der Waals surface area contributed by atoms with Crippen LogP contribution in [0.1, 0.15) is 37.3 Å². The Hall–Kier alpha value is -1.07. The van der Waals surface area contributed by atoms with Gasteiger partial charge in [0.25, 0.3) is 0 Å². The van der Waals surface area contributed by atoms with E-state index in [-0.39, 0.29) is 11.7 Å². The Morgan fingerprint density at radius 1 is 1.20 bits per heavy atom. The van der Waals surface area contributed by atoms with Crippen LogP contribution in [0.3, 0.4) is 0 Å². The number of halogens is 3. The third-order valence-corrected chi connectivity index (χ3v) is 3.55. The minimum atomic E-state index is -4.28. The van der Waals surface area contributed by atoms with E-state index in [1.165, 1.54) is 12.1 Å². The molecule has 1 aliphatic rings. The van der Waals surface area contributed by atoms with E-state index in [4.69, 9.17) is 4.74 Å². The van der Waals surface area contributed by atoms with Crippen LogP contribution in [-0.4, -0.2) is 25.4 Å². The van der Waals surface area contributed by atoms with Crippen molar-refractivity contribution in [3.63, 3.8) is 0 Å². The van der Waals surface area contributed by atoms with E-state index in [0.717, 1.165) is 25.9 Å². The van der Waals surface area contributed by atoms with Gasteiger partial charge in [-0.25, -0.2) is 0 Å². The zero-order valence-corrected chi connectivity index (χ0v) is 11.3. The minimum absolute atomic E-state index is 0.0981. The molecule has 1 N–H and O–H groups in total. The number of hydrogen-bond acceptors (Lipinski definition) is 2. The van der Waals surface area contributed by atoms with Crippen molar-refractivity contribution in [2.24, 2.45) is 0 Å². The Kier molecular flexibility index (Phi) is 5.43. The Bertz CT molecular complexity index is 388. The van der Waals surface area contributed by atoms with Gasteiger partial charge in [-0.15, -0.1) is 0 Å². The maximum absolute atomic E-state index is 13.1. The highest BCUT2D eigenvalue weighted by atomic mass is 19.4. The average molecular weight is 287 g/mol. The summed E-state index contributed by atoms with van der Waals surface area (Å²) in [4.78, 5) is 0. The highest BCUT2D eigenvalue weighted by Crippen LogP contribution is 2.32. The zero-order chi connectivity index (χ0) is 14.4. The van der Waals surface area contributed by atoms with Crippen LogP contribution in [-0.2, 0) is 4.74 Å². The number of benzene rings is 1. The van der Waals surface area contributed by atoms with E-state index in [2.05, 4.69) is 5.32 Å². The molecule has 0 aromatic heterocycles. The molecule has 1 heterocycles. The molecule has 1 aromatic carbocycles. The number of hydrogen-bond donors (Lipinski definition) is 1. The summed E-state index contributed by atoms with van der Waals surface area (Å²) >= 11 is 0. The van der Waals surface area contributed by atoms with Crippen molar-refractivity contribution in [1.82, 2.24) is 5.32 Å². The summed E-state index contributed by atoms with van der Waals surface area (Å²) in [5, 5.41) is 2.62. The molecule has 0 amide bonds. The van der Waals surface area contributed by atoms with Gasteiger partial charge in [0, 0.05) is 6.61 Å². The zero-order valence-electron chi connectivity index (χ0n) is 11.3. The predicted molar refractivity (Wildman–Crippen MR) is 71.4 cm³/mol. The van der Waals surface area contributed by atoms with E-state index in [1.807, 2.05) is 0 Å². The van der Waals surface area contributed by atoms with Crippen molar-refractivity contribution in [2.45, 2.75) is 44.0 Å². The molecule has 1 saturated heterocycles. The Labute approximate surface area is 117 Å². The second-order valence-electron chi connectivity index (χ2n) is 5.12. The molecule has 0 spiro atoms. The molecule has 2 rings (SSSR count). The normalized spacial score (nSPS) is 21.6. The molecule has 112 valence electrons. The summed E-state index contributed by atoms with van der Waals surface area (Å²) in [6.45, 7) is 1.04. The van der Waals surface area contributed by atoms with Gasteiger partial charge in [-0.2, -0.15) is 13.2 Å². The quantitative estimate of drug-likeness (QED) is 0.888. The molecule has 2 atom stereocenters. The average Bonchev–Trinajstić information content (AvgIpc) is 2.44. The van der Waals surface area contributed by atoms with Crippen molar-refractivity contribution in [3.05, 3.63) is 35.9 Å². The van der Waals surface area contributed by atoms with Crippen molar-refractivity contribution in [1.29, 1.82) is 0 Å². The number of nitrogens with one attached hydrogen (secondary N) is 1. The lowest BCUT2D eigenvalue weighted by Gasteiger charge is -2.25. The Morgan fingerprint density at radius 3 is 2.55 bits per heavy atom. The summed E-state index contributed by atoms with van der Waals surface area (Å²) in [6.07, 6.45) is -0.454. The first-order chi connectivity index (χ1) is 9.57. The van der Waals surface area contributed by atoms with Crippen LogP contribution in [0.4, 0.5) is 13.2 Å². The van der Waals surface area contributed by atoms with Crippen LogP contribution >= 0.6 is 0 Å². The van der Waals surface area contributed by atoms with Crippen LogP contribution in [0.5, 0.6) is 0 Å². The van der Waals surface area contributed by atoms with E-state index in [0.29, 0.717) is 13.0 Å². The summed E-state index contributed by atoms with van der Waals surface area (Å²) in [5.41, 5.74) is 0.254. The second kappa shape index (κ2) is 7.09. The molecule has 0 bridgehead atoms. The highest BCUT2D eigenvalue weighted by molar-refractivity contribution is 5.20. The van der Waals surface area contributed by atoms with Gasteiger partial charge in [0.1, 0.15) is 6.04 Å². The van der Waals surface area contributed by atoms with Gasteiger partial charge >= 0.3 is 6.18 Å². The summed E-state index contributed by atoms with van der Waals surface area (Å²) in [7, 11) is 0. The van der Waals surface area contributed by atoms with Gasteiger partial charge in [0.2, 0.25) is 0 Å². The third-order valence-electron chi connectivity index (χ3n) is 3.55. The van der Waals surface area contributed by atoms with E-state index >= 15 is 0 Å². The maximum atomic E-state index is 13.1. The van der Waals surface area contributed by atoms with Gasteiger partial charge in [-0.1, -0.05) is 30.3 Å². The van der Waals surface area contributed by atoms with Gasteiger partial charge in [-0.3, -0.25) is 0 Å². The molecule has 0 saturated carbocycles. The lowest BCUT2D eigenvalue weighted by atomic mass is 10.0. The fourth-order valence-electron chi connectivity index (χ4n) is 2.49. The molecule has 0 radical (unpaired) electrons. The molecule has 5 heteroatoms. The highest BCUT2D eigenvalue weighted by Gasteiger charge is 2.40. The van der Waals surface area contributed by atoms with E-state index in [9.17, 15) is 13.2 Å². The summed E-state index contributed by atoms with van der Waals surface area (Å²) in [6, 6.07) is 6.37. The SMILES string of the molecule is FC(F)(F)C(NCCC1CCCCO1)c1ccccc1. The van der Waals surface area contributed by atoms with E-state index in [1.54, 1.807) is 18.2 Å². The number of ether oxygens (including phenoxy) is 1. The number of alkyl halides is 3. The smallest absolute Gasteiger partial charge is 0.378 e. The minimum Gasteiger partial charge on any atom is -0.378 e. The summed E-state index contributed by atoms with van der Waals surface area (Å²) in [5.74, 6) is 0. The molecule has 0 aliphatic carbocycles. The molecule has 1 fully saturated rings. The van der Waals surface area contributed by atoms with Crippen molar-refractivity contribution >= 4 is 0 Å². The summed E-state index contributed by atoms with van der Waals surface area (Å²) < 4.78 is 44.8. The molecule has 1 aliphatic heterocycles. The first-order valence-electron chi connectivity index (χ1n) is 7.04. The van der Waals surface area contributed by atoms with Crippen LogP contribution in [0.15, 0.2) is 30.3 Å². The van der Waals surface area contributed by atoms with Crippen LogP contribution in [0, 0.1) is 0 Å². The topological polar surface area (TPSA) is 21.3 Å². The van der Waals surface area contributed by atoms with Crippen molar-refractivity contribution < 1.29 is 17.9 Å². The van der Waals surface area contributed by atoms with Crippen molar-refractivity contribution in [2.75, 3.05) is 13.2 Å². The fourth-order valence-corrected chi connectivity index (χ4v) is 2.49. The van der Waals surface area contributed by atoms with Crippen molar-refractivity contribution in [3.8, 4) is 0 Å². The second-order valence-corrected chi connectivity index (χ2v) is 5.12.